The second kappa shape index (κ2) is 5.38. The van der Waals surface area contributed by atoms with E-state index >= 15 is 0 Å². The van der Waals surface area contributed by atoms with E-state index < -0.39 is 0 Å². The Bertz CT molecular complexity index is 391. The Morgan fingerprint density at radius 3 is 2.57 bits per heavy atom. The first kappa shape index (κ1) is 9.81. The van der Waals surface area contributed by atoms with Gasteiger partial charge in [-0.2, -0.15) is 0 Å². The van der Waals surface area contributed by atoms with Crippen LogP contribution in [0.15, 0.2) is 40.5 Å². The first-order valence-corrected chi connectivity index (χ1v) is 3.96. The Morgan fingerprint density at radius 1 is 1.21 bits per heavy atom. The predicted octanol–water partition coefficient (Wildman–Crippen LogP) is 0.297. The van der Waals surface area contributed by atoms with E-state index in [1.54, 1.807) is 0 Å². The van der Waals surface area contributed by atoms with Gasteiger partial charge in [-0.25, -0.2) is 0 Å². The van der Waals surface area contributed by atoms with E-state index in [0.29, 0.717) is 0 Å². The van der Waals surface area contributed by atoms with Crippen molar-refractivity contribution in [2.24, 2.45) is 21.7 Å². The van der Waals surface area contributed by atoms with Gasteiger partial charge in [0.2, 0.25) is 5.96 Å². The topological polar surface area (TPSA) is 76.8 Å². The van der Waals surface area contributed by atoms with Gasteiger partial charge in [0.1, 0.15) is 0 Å². The van der Waals surface area contributed by atoms with Gasteiger partial charge >= 0.3 is 0 Å². The molecule has 4 nitrogen and oxygen atoms in total. The Morgan fingerprint density at radius 2 is 1.93 bits per heavy atom. The number of hydrogen-bond acceptors (Lipinski definition) is 2. The summed E-state index contributed by atoms with van der Waals surface area (Å²) in [6, 6.07) is 9.57. The fourth-order valence-electron chi connectivity index (χ4n) is 0.761. The molecule has 0 aliphatic rings. The minimum absolute atomic E-state index is 0.0808. The molecule has 0 spiro atoms. The fourth-order valence-corrected chi connectivity index (χ4v) is 0.761. The van der Waals surface area contributed by atoms with Crippen LogP contribution in [0.4, 0.5) is 0 Å². The second-order valence-corrected chi connectivity index (χ2v) is 2.40. The first-order chi connectivity index (χ1) is 6.79. The summed E-state index contributed by atoms with van der Waals surface area (Å²) in [6.07, 6.45) is 1.34. The van der Waals surface area contributed by atoms with Crippen molar-refractivity contribution < 1.29 is 0 Å². The maximum absolute atomic E-state index is 5.05. The summed E-state index contributed by atoms with van der Waals surface area (Å²) >= 11 is 0. The van der Waals surface area contributed by atoms with Crippen LogP contribution in [-0.2, 0) is 0 Å². The van der Waals surface area contributed by atoms with Crippen LogP contribution in [0.25, 0.3) is 0 Å². The number of rotatable bonds is 1. The van der Waals surface area contributed by atoms with Gasteiger partial charge in [-0.3, -0.25) is 0 Å². The van der Waals surface area contributed by atoms with Crippen LogP contribution >= 0.6 is 0 Å². The van der Waals surface area contributed by atoms with Gasteiger partial charge in [0.25, 0.3) is 0 Å². The molecule has 0 saturated carbocycles. The van der Waals surface area contributed by atoms with Crippen LogP contribution in [0.3, 0.4) is 0 Å². The zero-order chi connectivity index (χ0) is 10.2. The molecule has 0 heterocycles. The Labute approximate surface area is 82.3 Å². The number of hydrogen-bond donors (Lipinski definition) is 2. The van der Waals surface area contributed by atoms with Crippen molar-refractivity contribution in [1.29, 1.82) is 0 Å². The highest BCUT2D eigenvalue weighted by Gasteiger charge is 1.79. The van der Waals surface area contributed by atoms with Gasteiger partial charge in [-0.15, -0.1) is 10.2 Å². The summed E-state index contributed by atoms with van der Waals surface area (Å²) in [5.41, 5.74) is 11.0. The summed E-state index contributed by atoms with van der Waals surface area (Å²) in [7, 11) is 0. The quantitative estimate of drug-likeness (QED) is 0.286. The molecule has 0 aliphatic heterocycles. The van der Waals surface area contributed by atoms with E-state index in [1.807, 2.05) is 30.3 Å². The monoisotopic (exact) mass is 186 g/mol. The zero-order valence-corrected chi connectivity index (χ0v) is 7.51. The molecule has 0 fully saturated rings. The molecule has 0 amide bonds. The lowest BCUT2D eigenvalue weighted by molar-refractivity contribution is 1.22. The molecule has 0 aromatic heterocycles. The highest BCUT2D eigenvalue weighted by atomic mass is 15.3. The number of nitrogens with zero attached hydrogens (tertiary/aromatic N) is 2. The van der Waals surface area contributed by atoms with Gasteiger partial charge in [0.15, 0.2) is 0 Å². The molecule has 0 unspecified atom stereocenters. The van der Waals surface area contributed by atoms with Crippen molar-refractivity contribution in [3.63, 3.8) is 0 Å². The van der Waals surface area contributed by atoms with E-state index in [0.717, 1.165) is 5.56 Å². The van der Waals surface area contributed by atoms with Crippen LogP contribution in [0, 0.1) is 11.8 Å². The molecule has 0 bridgehead atoms. The molecule has 1 aromatic rings. The Kier molecular flexibility index (Phi) is 3.77. The smallest absolute Gasteiger partial charge is 0.211 e. The molecule has 70 valence electrons. The lowest BCUT2D eigenvalue weighted by atomic mass is 10.2. The van der Waals surface area contributed by atoms with Crippen molar-refractivity contribution >= 4 is 12.2 Å². The molecule has 0 saturated heterocycles. The van der Waals surface area contributed by atoms with Crippen molar-refractivity contribution in [1.82, 2.24) is 0 Å². The number of benzene rings is 1. The molecule has 1 rings (SSSR count). The Balaban J connectivity index is 2.58. The molecule has 4 N–H and O–H groups in total. The van der Waals surface area contributed by atoms with E-state index in [4.69, 9.17) is 11.5 Å². The van der Waals surface area contributed by atoms with Gasteiger partial charge in [0, 0.05) is 5.56 Å². The van der Waals surface area contributed by atoms with Gasteiger partial charge in [-0.05, 0) is 18.1 Å². The van der Waals surface area contributed by atoms with Gasteiger partial charge in [0.05, 0.1) is 6.21 Å². The summed E-state index contributed by atoms with van der Waals surface area (Å²) in [5.74, 6) is 5.48. The van der Waals surface area contributed by atoms with E-state index in [2.05, 4.69) is 22.0 Å². The van der Waals surface area contributed by atoms with Crippen LogP contribution in [0.2, 0.25) is 0 Å². The largest absolute Gasteiger partial charge is 0.369 e. The van der Waals surface area contributed by atoms with Crippen molar-refractivity contribution in [2.75, 3.05) is 0 Å². The van der Waals surface area contributed by atoms with Crippen LogP contribution in [0.5, 0.6) is 0 Å². The van der Waals surface area contributed by atoms with Crippen molar-refractivity contribution in [3.05, 3.63) is 35.9 Å². The molecule has 14 heavy (non-hydrogen) atoms. The minimum atomic E-state index is -0.0808. The molecule has 0 radical (unpaired) electrons. The molecule has 0 atom stereocenters. The van der Waals surface area contributed by atoms with Crippen molar-refractivity contribution in [3.8, 4) is 11.8 Å². The maximum Gasteiger partial charge on any atom is 0.211 e. The first-order valence-electron chi connectivity index (χ1n) is 3.96. The predicted molar refractivity (Wildman–Crippen MR) is 57.6 cm³/mol. The molecule has 1 aromatic carbocycles. The lowest BCUT2D eigenvalue weighted by Crippen LogP contribution is -2.21. The van der Waals surface area contributed by atoms with Gasteiger partial charge in [-0.1, -0.05) is 24.1 Å². The van der Waals surface area contributed by atoms with Crippen molar-refractivity contribution in [2.45, 2.75) is 0 Å². The third kappa shape index (κ3) is 3.93. The normalized spacial score (nSPS) is 9.14. The third-order valence-corrected chi connectivity index (χ3v) is 1.29. The summed E-state index contributed by atoms with van der Waals surface area (Å²) in [4.78, 5) is 0. The third-order valence-electron chi connectivity index (χ3n) is 1.29. The Hall–Kier alpha value is -2.28. The average Bonchev–Trinajstić information content (AvgIpc) is 2.18. The zero-order valence-electron chi connectivity index (χ0n) is 7.51. The maximum atomic E-state index is 5.05. The summed E-state index contributed by atoms with van der Waals surface area (Å²) in [5, 5.41) is 6.92. The second-order valence-electron chi connectivity index (χ2n) is 2.40. The van der Waals surface area contributed by atoms with Crippen LogP contribution < -0.4 is 11.5 Å². The van der Waals surface area contributed by atoms with E-state index in [9.17, 15) is 0 Å². The average molecular weight is 186 g/mol. The number of nitrogens with two attached hydrogens (primary N) is 2. The molecular weight excluding hydrogens is 176 g/mol. The summed E-state index contributed by atoms with van der Waals surface area (Å²) in [6.45, 7) is 0. The highest BCUT2D eigenvalue weighted by molar-refractivity contribution is 5.81. The highest BCUT2D eigenvalue weighted by Crippen LogP contribution is 1.93. The van der Waals surface area contributed by atoms with Crippen LogP contribution in [-0.4, -0.2) is 12.2 Å². The lowest BCUT2D eigenvalue weighted by Gasteiger charge is -1.84. The van der Waals surface area contributed by atoms with Gasteiger partial charge < -0.3 is 11.5 Å². The molecule has 4 heteroatoms. The molecule has 0 aliphatic carbocycles. The van der Waals surface area contributed by atoms with E-state index in [1.165, 1.54) is 6.21 Å². The fraction of sp³-hybridized carbons (Fsp3) is 0. The SMILES string of the molecule is NC(N)=NN=CC#Cc1ccccc1. The van der Waals surface area contributed by atoms with Crippen LogP contribution in [0.1, 0.15) is 5.56 Å². The summed E-state index contributed by atoms with van der Waals surface area (Å²) < 4.78 is 0. The minimum Gasteiger partial charge on any atom is -0.369 e. The standard InChI is InChI=1S/C10H10N4/c11-10(12)14-13-8-4-7-9-5-2-1-3-6-9/h1-3,5-6,8H,(H4,11,12,14). The van der Waals surface area contributed by atoms with E-state index in [-0.39, 0.29) is 5.96 Å². The number of guanidine groups is 1. The molecular formula is C10H10N4.